The van der Waals surface area contributed by atoms with Crippen LogP contribution in [0.25, 0.3) is 0 Å². The van der Waals surface area contributed by atoms with Gasteiger partial charge in [0.1, 0.15) is 0 Å². The minimum Gasteiger partial charge on any atom is -0.324 e. The van der Waals surface area contributed by atoms with Crippen LogP contribution in [0.5, 0.6) is 0 Å². The Balaban J connectivity index is 1.64. The number of thioether (sulfide) groups is 1. The highest BCUT2D eigenvalue weighted by molar-refractivity contribution is 8.00. The second kappa shape index (κ2) is 8.58. The van der Waals surface area contributed by atoms with Gasteiger partial charge in [0.2, 0.25) is 11.1 Å². The summed E-state index contributed by atoms with van der Waals surface area (Å²) in [5.41, 5.74) is 0.564. The topological polar surface area (TPSA) is 72.7 Å². The molecule has 3 aromatic rings. The summed E-state index contributed by atoms with van der Waals surface area (Å²) in [5.74, 6) is 0.144. The molecule has 8 heteroatoms. The molecule has 0 atom stereocenters. The normalized spacial score (nSPS) is 11.4. The van der Waals surface area contributed by atoms with Crippen molar-refractivity contribution in [3.63, 3.8) is 0 Å². The highest BCUT2D eigenvalue weighted by Gasteiger charge is 2.20. The lowest BCUT2D eigenvalue weighted by Gasteiger charge is -2.19. The monoisotopic (exact) mass is 399 g/mol. The molecular formula is C19H21N5OS2. The fourth-order valence-electron chi connectivity index (χ4n) is 2.28. The van der Waals surface area contributed by atoms with E-state index in [4.69, 9.17) is 0 Å². The molecule has 0 aliphatic heterocycles. The number of anilines is 1. The SMILES string of the molecule is CC(C)(C)n1nnnc1SCC(=O)Nc1ccccc1Sc1ccccc1. The maximum atomic E-state index is 12.5. The van der Waals surface area contributed by atoms with Gasteiger partial charge in [0.15, 0.2) is 0 Å². The van der Waals surface area contributed by atoms with Crippen molar-refractivity contribution >= 4 is 35.1 Å². The first-order valence-corrected chi connectivity index (χ1v) is 10.3. The molecule has 6 nitrogen and oxygen atoms in total. The molecule has 3 rings (SSSR count). The average Bonchev–Trinajstić information content (AvgIpc) is 3.12. The van der Waals surface area contributed by atoms with E-state index in [0.29, 0.717) is 5.16 Å². The van der Waals surface area contributed by atoms with Crippen molar-refractivity contribution in [3.05, 3.63) is 54.6 Å². The van der Waals surface area contributed by atoms with E-state index in [-0.39, 0.29) is 17.2 Å². The maximum absolute atomic E-state index is 12.5. The van der Waals surface area contributed by atoms with Crippen molar-refractivity contribution in [3.8, 4) is 0 Å². The molecule has 140 valence electrons. The Morgan fingerprint density at radius 2 is 1.78 bits per heavy atom. The predicted octanol–water partition coefficient (Wildman–Crippen LogP) is 4.31. The Hall–Kier alpha value is -2.32. The summed E-state index contributed by atoms with van der Waals surface area (Å²) in [6.45, 7) is 6.06. The summed E-state index contributed by atoms with van der Waals surface area (Å²) in [4.78, 5) is 14.6. The molecule has 1 N–H and O–H groups in total. The second-order valence-electron chi connectivity index (χ2n) is 6.79. The number of amides is 1. The van der Waals surface area contributed by atoms with Crippen LogP contribution in [0.4, 0.5) is 5.69 Å². The van der Waals surface area contributed by atoms with Crippen LogP contribution in [0.2, 0.25) is 0 Å². The van der Waals surface area contributed by atoms with E-state index in [9.17, 15) is 4.79 Å². The van der Waals surface area contributed by atoms with Gasteiger partial charge in [-0.1, -0.05) is 53.9 Å². The number of nitrogens with one attached hydrogen (secondary N) is 1. The van der Waals surface area contributed by atoms with Gasteiger partial charge in [0, 0.05) is 9.79 Å². The van der Waals surface area contributed by atoms with E-state index >= 15 is 0 Å². The van der Waals surface area contributed by atoms with Gasteiger partial charge in [0.25, 0.3) is 0 Å². The van der Waals surface area contributed by atoms with Crippen molar-refractivity contribution in [1.82, 2.24) is 20.2 Å². The van der Waals surface area contributed by atoms with E-state index in [2.05, 4.69) is 20.8 Å². The Morgan fingerprint density at radius 3 is 2.52 bits per heavy atom. The number of tetrazole rings is 1. The minimum absolute atomic E-state index is 0.0930. The molecule has 0 spiro atoms. The second-order valence-corrected chi connectivity index (χ2v) is 8.85. The number of rotatable bonds is 6. The molecule has 0 bridgehead atoms. The lowest BCUT2D eigenvalue weighted by molar-refractivity contribution is -0.113. The number of hydrogen-bond donors (Lipinski definition) is 1. The van der Waals surface area contributed by atoms with Gasteiger partial charge in [-0.2, -0.15) is 0 Å². The fraction of sp³-hybridized carbons (Fsp3) is 0.263. The van der Waals surface area contributed by atoms with Gasteiger partial charge in [-0.25, -0.2) is 4.68 Å². The van der Waals surface area contributed by atoms with E-state index in [0.717, 1.165) is 15.5 Å². The standard InChI is InChI=1S/C19H21N5OS2/c1-19(2,3)24-18(21-22-23-24)26-13-17(25)20-15-11-7-8-12-16(15)27-14-9-5-4-6-10-14/h4-12H,13H2,1-3H3,(H,20,25). The molecule has 0 aliphatic carbocycles. The summed E-state index contributed by atoms with van der Waals surface area (Å²) in [5, 5.41) is 15.4. The molecule has 0 saturated carbocycles. The zero-order valence-electron chi connectivity index (χ0n) is 15.4. The number of para-hydroxylation sites is 1. The van der Waals surface area contributed by atoms with Crippen molar-refractivity contribution < 1.29 is 4.79 Å². The number of hydrogen-bond acceptors (Lipinski definition) is 6. The van der Waals surface area contributed by atoms with Crippen LogP contribution < -0.4 is 5.32 Å². The zero-order valence-corrected chi connectivity index (χ0v) is 17.0. The lowest BCUT2D eigenvalue weighted by Crippen LogP contribution is -2.24. The molecule has 1 amide bonds. The average molecular weight is 400 g/mol. The van der Waals surface area contributed by atoms with Crippen LogP contribution in [-0.4, -0.2) is 31.9 Å². The quantitative estimate of drug-likeness (QED) is 0.623. The Kier molecular flexibility index (Phi) is 6.18. The third kappa shape index (κ3) is 5.33. The van der Waals surface area contributed by atoms with Crippen LogP contribution >= 0.6 is 23.5 Å². The molecular weight excluding hydrogens is 378 g/mol. The highest BCUT2D eigenvalue weighted by atomic mass is 32.2. The number of nitrogens with zero attached hydrogens (tertiary/aromatic N) is 4. The molecule has 0 saturated heterocycles. The lowest BCUT2D eigenvalue weighted by atomic mass is 10.1. The van der Waals surface area contributed by atoms with E-state index in [1.807, 2.05) is 75.4 Å². The largest absolute Gasteiger partial charge is 0.324 e. The number of carbonyl (C=O) groups excluding carboxylic acids is 1. The van der Waals surface area contributed by atoms with Crippen molar-refractivity contribution in [1.29, 1.82) is 0 Å². The smallest absolute Gasteiger partial charge is 0.234 e. The van der Waals surface area contributed by atoms with E-state index in [1.165, 1.54) is 11.8 Å². The molecule has 0 unspecified atom stereocenters. The zero-order chi connectivity index (χ0) is 19.3. The molecule has 1 aromatic heterocycles. The Labute approximate surface area is 167 Å². The summed E-state index contributed by atoms with van der Waals surface area (Å²) >= 11 is 2.95. The minimum atomic E-state index is -0.235. The van der Waals surface area contributed by atoms with Crippen molar-refractivity contribution in [2.45, 2.75) is 41.3 Å². The van der Waals surface area contributed by atoms with Gasteiger partial charge >= 0.3 is 0 Å². The summed E-state index contributed by atoms with van der Waals surface area (Å²) in [7, 11) is 0. The summed E-state index contributed by atoms with van der Waals surface area (Å²) in [6.07, 6.45) is 0. The van der Waals surface area contributed by atoms with Crippen molar-refractivity contribution in [2.75, 3.05) is 11.1 Å². The van der Waals surface area contributed by atoms with Gasteiger partial charge < -0.3 is 5.32 Å². The number of benzene rings is 2. The summed E-state index contributed by atoms with van der Waals surface area (Å²) < 4.78 is 1.73. The first-order chi connectivity index (χ1) is 12.9. The Bertz CT molecular complexity index is 906. The highest BCUT2D eigenvalue weighted by Crippen LogP contribution is 2.33. The van der Waals surface area contributed by atoms with Crippen LogP contribution in [0.1, 0.15) is 20.8 Å². The predicted molar refractivity (Wildman–Crippen MR) is 109 cm³/mol. The van der Waals surface area contributed by atoms with Gasteiger partial charge in [-0.05, 0) is 55.5 Å². The maximum Gasteiger partial charge on any atom is 0.234 e. The molecule has 0 radical (unpaired) electrons. The van der Waals surface area contributed by atoms with Crippen LogP contribution in [0, 0.1) is 0 Å². The van der Waals surface area contributed by atoms with Crippen LogP contribution in [-0.2, 0) is 10.3 Å². The first-order valence-electron chi connectivity index (χ1n) is 8.47. The van der Waals surface area contributed by atoms with Gasteiger partial charge in [-0.3, -0.25) is 4.79 Å². The third-order valence-corrected chi connectivity index (χ3v) is 5.54. The fourth-order valence-corrected chi connectivity index (χ4v) is 4.06. The number of carbonyl (C=O) groups is 1. The van der Waals surface area contributed by atoms with Gasteiger partial charge in [0.05, 0.1) is 17.0 Å². The molecule has 0 aliphatic rings. The molecule has 2 aromatic carbocycles. The van der Waals surface area contributed by atoms with Crippen LogP contribution in [0.3, 0.4) is 0 Å². The molecule has 1 heterocycles. The third-order valence-electron chi connectivity index (χ3n) is 3.54. The van der Waals surface area contributed by atoms with E-state index < -0.39 is 0 Å². The molecule has 0 fully saturated rings. The number of aromatic nitrogens is 4. The summed E-state index contributed by atoms with van der Waals surface area (Å²) in [6, 6.07) is 17.9. The van der Waals surface area contributed by atoms with E-state index in [1.54, 1.807) is 16.4 Å². The van der Waals surface area contributed by atoms with Crippen LogP contribution in [0.15, 0.2) is 69.5 Å². The Morgan fingerprint density at radius 1 is 1.07 bits per heavy atom. The van der Waals surface area contributed by atoms with Crippen molar-refractivity contribution in [2.24, 2.45) is 0 Å². The van der Waals surface area contributed by atoms with Gasteiger partial charge in [-0.15, -0.1) is 5.10 Å². The molecule has 27 heavy (non-hydrogen) atoms. The first kappa shape index (κ1) is 19.4.